The van der Waals surface area contributed by atoms with Crippen LogP contribution in [-0.4, -0.2) is 23.9 Å². The van der Waals surface area contributed by atoms with Crippen molar-refractivity contribution < 1.29 is 14.1 Å². The highest BCUT2D eigenvalue weighted by molar-refractivity contribution is 5.95. The predicted molar refractivity (Wildman–Crippen MR) is 86.6 cm³/mol. The van der Waals surface area contributed by atoms with Gasteiger partial charge >= 0.3 is 0 Å². The molecule has 23 heavy (non-hydrogen) atoms. The Morgan fingerprint density at radius 1 is 1.39 bits per heavy atom. The minimum Gasteiger partial charge on any atom is -0.469 e. The van der Waals surface area contributed by atoms with Crippen molar-refractivity contribution in [2.45, 2.75) is 25.8 Å². The second-order valence-electron chi connectivity index (χ2n) is 5.23. The molecule has 7 nitrogen and oxygen atoms in total. The first kappa shape index (κ1) is 16.5. The highest BCUT2D eigenvalue weighted by Crippen LogP contribution is 2.25. The molecule has 2 N–H and O–H groups in total. The molecule has 2 rings (SSSR count). The van der Waals surface area contributed by atoms with Gasteiger partial charge in [0.25, 0.3) is 11.6 Å². The van der Waals surface area contributed by atoms with E-state index in [1.165, 1.54) is 12.1 Å². The van der Waals surface area contributed by atoms with Crippen LogP contribution in [0.1, 0.15) is 29.5 Å². The first-order chi connectivity index (χ1) is 11.0. The molecule has 0 saturated carbocycles. The molecule has 0 aliphatic carbocycles. The molecule has 1 heterocycles. The predicted octanol–water partition coefficient (Wildman–Crippen LogP) is 2.98. The zero-order valence-electron chi connectivity index (χ0n) is 13.0. The lowest BCUT2D eigenvalue weighted by atomic mass is 10.1. The van der Waals surface area contributed by atoms with Crippen LogP contribution in [0.5, 0.6) is 0 Å². The fourth-order valence-electron chi connectivity index (χ4n) is 2.23. The molecule has 0 spiro atoms. The lowest BCUT2D eigenvalue weighted by molar-refractivity contribution is -0.384. The third-order valence-electron chi connectivity index (χ3n) is 3.51. The van der Waals surface area contributed by atoms with Crippen LogP contribution >= 0.6 is 0 Å². The Balaban J connectivity index is 1.99. The Morgan fingerprint density at radius 2 is 2.17 bits per heavy atom. The van der Waals surface area contributed by atoms with Gasteiger partial charge in [0.15, 0.2) is 0 Å². The average molecular weight is 317 g/mol. The van der Waals surface area contributed by atoms with Crippen LogP contribution in [0.4, 0.5) is 11.4 Å². The van der Waals surface area contributed by atoms with Gasteiger partial charge in [-0.3, -0.25) is 14.9 Å². The van der Waals surface area contributed by atoms with E-state index in [1.54, 1.807) is 19.4 Å². The van der Waals surface area contributed by atoms with E-state index < -0.39 is 4.92 Å². The number of rotatable bonds is 7. The topological polar surface area (TPSA) is 97.4 Å². The number of furan rings is 1. The molecule has 1 atom stereocenters. The Hall–Kier alpha value is -2.83. The largest absolute Gasteiger partial charge is 0.469 e. The van der Waals surface area contributed by atoms with E-state index in [1.807, 2.05) is 19.1 Å². The van der Waals surface area contributed by atoms with Crippen molar-refractivity contribution in [2.75, 3.05) is 12.4 Å². The second-order valence-corrected chi connectivity index (χ2v) is 5.23. The molecule has 0 fully saturated rings. The summed E-state index contributed by atoms with van der Waals surface area (Å²) in [5.74, 6) is 0.530. The third-order valence-corrected chi connectivity index (χ3v) is 3.51. The van der Waals surface area contributed by atoms with Crippen LogP contribution in [0.25, 0.3) is 0 Å². The Labute approximate surface area is 133 Å². The summed E-state index contributed by atoms with van der Waals surface area (Å²) < 4.78 is 5.25. The molecule has 0 aliphatic rings. The van der Waals surface area contributed by atoms with E-state index in [4.69, 9.17) is 4.42 Å². The van der Waals surface area contributed by atoms with Crippen LogP contribution in [-0.2, 0) is 6.42 Å². The molecule has 1 amide bonds. The summed E-state index contributed by atoms with van der Waals surface area (Å²) in [7, 11) is 1.60. The van der Waals surface area contributed by atoms with Crippen LogP contribution in [0.2, 0.25) is 0 Å². The fraction of sp³-hybridized carbons (Fsp3) is 0.312. The highest BCUT2D eigenvalue weighted by Gasteiger charge is 2.17. The summed E-state index contributed by atoms with van der Waals surface area (Å²) in [6, 6.07) is 8.00. The number of amides is 1. The molecular weight excluding hydrogens is 298 g/mol. The number of hydrogen-bond donors (Lipinski definition) is 2. The number of carbonyl (C=O) groups is 1. The van der Waals surface area contributed by atoms with E-state index >= 15 is 0 Å². The number of nitro benzene ring substituents is 1. The van der Waals surface area contributed by atoms with Crippen molar-refractivity contribution in [1.82, 2.24) is 5.32 Å². The van der Waals surface area contributed by atoms with Crippen molar-refractivity contribution >= 4 is 17.3 Å². The molecule has 0 aliphatic heterocycles. The average Bonchev–Trinajstić information content (AvgIpc) is 3.05. The van der Waals surface area contributed by atoms with Gasteiger partial charge in [-0.25, -0.2) is 0 Å². The van der Waals surface area contributed by atoms with Crippen LogP contribution < -0.4 is 10.6 Å². The number of carbonyl (C=O) groups excluding carboxylic acids is 1. The van der Waals surface area contributed by atoms with E-state index in [9.17, 15) is 14.9 Å². The fourth-order valence-corrected chi connectivity index (χ4v) is 2.23. The van der Waals surface area contributed by atoms with Gasteiger partial charge in [-0.05, 0) is 37.6 Å². The van der Waals surface area contributed by atoms with Gasteiger partial charge in [0.2, 0.25) is 0 Å². The maximum absolute atomic E-state index is 12.2. The molecule has 122 valence electrons. The van der Waals surface area contributed by atoms with Gasteiger partial charge in [0.05, 0.1) is 11.2 Å². The maximum Gasteiger partial charge on any atom is 0.293 e. The van der Waals surface area contributed by atoms with E-state index in [-0.39, 0.29) is 23.2 Å². The number of nitro groups is 1. The first-order valence-corrected chi connectivity index (χ1v) is 7.30. The lowest BCUT2D eigenvalue weighted by Gasteiger charge is -2.13. The minimum absolute atomic E-state index is 0.0735. The summed E-state index contributed by atoms with van der Waals surface area (Å²) in [5.41, 5.74) is 0.515. The smallest absolute Gasteiger partial charge is 0.293 e. The highest BCUT2D eigenvalue weighted by atomic mass is 16.6. The van der Waals surface area contributed by atoms with Crippen molar-refractivity contribution in [3.8, 4) is 0 Å². The zero-order valence-corrected chi connectivity index (χ0v) is 13.0. The van der Waals surface area contributed by atoms with Crippen LogP contribution in [0, 0.1) is 10.1 Å². The lowest BCUT2D eigenvalue weighted by Crippen LogP contribution is -2.32. The molecule has 2 aromatic rings. The van der Waals surface area contributed by atoms with E-state index in [0.717, 1.165) is 12.2 Å². The Bertz CT molecular complexity index is 683. The summed E-state index contributed by atoms with van der Waals surface area (Å²) in [4.78, 5) is 22.7. The number of anilines is 1. The molecule has 0 radical (unpaired) electrons. The molecule has 7 heteroatoms. The van der Waals surface area contributed by atoms with Crippen molar-refractivity contribution in [2.24, 2.45) is 0 Å². The number of hydrogen-bond acceptors (Lipinski definition) is 5. The number of benzene rings is 1. The molecule has 1 aromatic heterocycles. The van der Waals surface area contributed by atoms with Crippen molar-refractivity contribution in [3.63, 3.8) is 0 Å². The monoisotopic (exact) mass is 317 g/mol. The van der Waals surface area contributed by atoms with Gasteiger partial charge in [0.1, 0.15) is 11.4 Å². The SMILES string of the molecule is CNc1ccc(C(=O)NC(C)CCc2ccco2)cc1[N+](=O)[O-]. The van der Waals surface area contributed by atoms with Gasteiger partial charge in [-0.1, -0.05) is 0 Å². The van der Waals surface area contributed by atoms with E-state index in [0.29, 0.717) is 12.1 Å². The molecule has 1 unspecified atom stereocenters. The quantitative estimate of drug-likeness (QED) is 0.604. The number of nitrogens with one attached hydrogen (secondary N) is 2. The van der Waals surface area contributed by atoms with Gasteiger partial charge in [0, 0.05) is 31.1 Å². The second kappa shape index (κ2) is 7.44. The van der Waals surface area contributed by atoms with Gasteiger partial charge in [-0.2, -0.15) is 0 Å². The standard InChI is InChI=1S/C16H19N3O4/c1-11(5-7-13-4-3-9-23-13)18-16(20)12-6-8-14(17-2)15(10-12)19(21)22/h3-4,6,8-11,17H,5,7H2,1-2H3,(H,18,20). The summed E-state index contributed by atoms with van der Waals surface area (Å²) >= 11 is 0. The summed E-state index contributed by atoms with van der Waals surface area (Å²) in [6.07, 6.45) is 3.05. The molecule has 0 saturated heterocycles. The first-order valence-electron chi connectivity index (χ1n) is 7.30. The molecule has 1 aromatic carbocycles. The molecular formula is C16H19N3O4. The molecule has 0 bridgehead atoms. The van der Waals surface area contributed by atoms with Crippen molar-refractivity contribution in [1.29, 1.82) is 0 Å². The summed E-state index contributed by atoms with van der Waals surface area (Å²) in [5, 5.41) is 16.6. The third kappa shape index (κ3) is 4.32. The Kier molecular flexibility index (Phi) is 5.35. The minimum atomic E-state index is -0.511. The van der Waals surface area contributed by atoms with Crippen molar-refractivity contribution in [3.05, 3.63) is 58.0 Å². The van der Waals surface area contributed by atoms with E-state index in [2.05, 4.69) is 10.6 Å². The van der Waals surface area contributed by atoms with Gasteiger partial charge < -0.3 is 15.1 Å². The van der Waals surface area contributed by atoms with Crippen LogP contribution in [0.15, 0.2) is 41.0 Å². The number of aryl methyl sites for hydroxylation is 1. The van der Waals surface area contributed by atoms with Crippen LogP contribution in [0.3, 0.4) is 0 Å². The zero-order chi connectivity index (χ0) is 16.8. The number of nitrogens with zero attached hydrogens (tertiary/aromatic N) is 1. The Morgan fingerprint density at radius 3 is 2.78 bits per heavy atom. The summed E-state index contributed by atoms with van der Waals surface area (Å²) in [6.45, 7) is 1.89. The maximum atomic E-state index is 12.2. The van der Waals surface area contributed by atoms with Gasteiger partial charge in [-0.15, -0.1) is 0 Å². The normalized spacial score (nSPS) is 11.7.